The molecule has 0 radical (unpaired) electrons. The number of hydrogen-bond acceptors (Lipinski definition) is 3. The molecule has 1 unspecified atom stereocenters. The fraction of sp³-hybridized carbons (Fsp3) is 0.364. The zero-order chi connectivity index (χ0) is 13.1. The van der Waals surface area contributed by atoms with E-state index in [0.29, 0.717) is 15.8 Å². The summed E-state index contributed by atoms with van der Waals surface area (Å²) in [6, 6.07) is 5.22. The maximum Gasteiger partial charge on any atom is 0.238 e. The van der Waals surface area contributed by atoms with Crippen LogP contribution in [-0.4, -0.2) is 24.2 Å². The standard InChI is InChI=1S/C11H14Cl2N2OS/c1-11(15-2,10(14)16)6-17-9-5-7(12)3-4-8(9)13/h3-5,15H,6H2,1-2H3,(H2,14,16). The first-order chi connectivity index (χ1) is 7.89. The number of amides is 1. The molecule has 1 aromatic rings. The maximum absolute atomic E-state index is 11.3. The Hall–Kier alpha value is -0.420. The molecule has 3 N–H and O–H groups in total. The summed E-state index contributed by atoms with van der Waals surface area (Å²) in [5.74, 6) is 0.0875. The Balaban J connectivity index is 2.79. The molecule has 0 aliphatic heterocycles. The molecule has 17 heavy (non-hydrogen) atoms. The predicted molar refractivity (Wildman–Crippen MR) is 73.8 cm³/mol. The van der Waals surface area contributed by atoms with E-state index in [2.05, 4.69) is 5.32 Å². The number of nitrogens with two attached hydrogens (primary N) is 1. The van der Waals surface area contributed by atoms with Crippen molar-refractivity contribution in [3.8, 4) is 0 Å². The first-order valence-electron chi connectivity index (χ1n) is 4.96. The van der Waals surface area contributed by atoms with Crippen molar-refractivity contribution >= 4 is 40.9 Å². The molecule has 3 nitrogen and oxygen atoms in total. The van der Waals surface area contributed by atoms with E-state index in [9.17, 15) is 4.79 Å². The largest absolute Gasteiger partial charge is 0.368 e. The molecule has 0 bridgehead atoms. The normalized spacial score (nSPS) is 14.4. The zero-order valence-electron chi connectivity index (χ0n) is 9.59. The number of halogens is 2. The molecule has 0 saturated carbocycles. The third kappa shape index (κ3) is 3.78. The SMILES string of the molecule is CNC(C)(CSc1cc(Cl)ccc1Cl)C(N)=O. The van der Waals surface area contributed by atoms with Crippen molar-refractivity contribution in [1.29, 1.82) is 0 Å². The van der Waals surface area contributed by atoms with E-state index < -0.39 is 11.4 Å². The van der Waals surface area contributed by atoms with Crippen LogP contribution in [0.5, 0.6) is 0 Å². The molecule has 0 saturated heterocycles. The number of primary amides is 1. The summed E-state index contributed by atoms with van der Waals surface area (Å²) >= 11 is 13.4. The van der Waals surface area contributed by atoms with E-state index in [1.165, 1.54) is 11.8 Å². The lowest BCUT2D eigenvalue weighted by Crippen LogP contribution is -2.53. The molecule has 0 aliphatic carbocycles. The number of thioether (sulfide) groups is 1. The number of benzene rings is 1. The summed E-state index contributed by atoms with van der Waals surface area (Å²) < 4.78 is 0. The van der Waals surface area contributed by atoms with Crippen LogP contribution in [0.3, 0.4) is 0 Å². The maximum atomic E-state index is 11.3. The van der Waals surface area contributed by atoms with Crippen molar-refractivity contribution in [2.45, 2.75) is 17.4 Å². The van der Waals surface area contributed by atoms with E-state index in [1.54, 1.807) is 32.2 Å². The third-order valence-corrected chi connectivity index (χ3v) is 4.55. The molecule has 0 aliphatic rings. The van der Waals surface area contributed by atoms with Crippen molar-refractivity contribution in [3.05, 3.63) is 28.2 Å². The van der Waals surface area contributed by atoms with Crippen molar-refractivity contribution in [3.63, 3.8) is 0 Å². The molecular formula is C11H14Cl2N2OS. The minimum atomic E-state index is -0.768. The molecule has 0 fully saturated rings. The number of likely N-dealkylation sites (N-methyl/N-ethyl adjacent to an activating group) is 1. The van der Waals surface area contributed by atoms with E-state index in [0.717, 1.165) is 4.90 Å². The van der Waals surface area contributed by atoms with Gasteiger partial charge in [0.1, 0.15) is 5.54 Å². The van der Waals surface area contributed by atoms with Gasteiger partial charge in [0.05, 0.1) is 5.02 Å². The van der Waals surface area contributed by atoms with Crippen LogP contribution in [0.25, 0.3) is 0 Å². The van der Waals surface area contributed by atoms with Crippen LogP contribution in [0.1, 0.15) is 6.92 Å². The van der Waals surface area contributed by atoms with Crippen LogP contribution in [-0.2, 0) is 4.79 Å². The van der Waals surface area contributed by atoms with Gasteiger partial charge in [0.15, 0.2) is 0 Å². The van der Waals surface area contributed by atoms with Gasteiger partial charge in [-0.3, -0.25) is 4.79 Å². The molecule has 0 heterocycles. The first-order valence-corrected chi connectivity index (χ1v) is 6.70. The van der Waals surface area contributed by atoms with Gasteiger partial charge in [0.2, 0.25) is 5.91 Å². The summed E-state index contributed by atoms with van der Waals surface area (Å²) in [5.41, 5.74) is 4.57. The van der Waals surface area contributed by atoms with Crippen LogP contribution in [0.2, 0.25) is 10.0 Å². The Morgan fingerprint density at radius 1 is 1.53 bits per heavy atom. The van der Waals surface area contributed by atoms with Gasteiger partial charge in [0.25, 0.3) is 0 Å². The summed E-state index contributed by atoms with van der Waals surface area (Å²) in [5, 5.41) is 4.14. The Labute approximate surface area is 115 Å². The second kappa shape index (κ2) is 5.96. The molecule has 1 amide bonds. The Bertz CT molecular complexity index is 428. The minimum Gasteiger partial charge on any atom is -0.368 e. The first kappa shape index (κ1) is 14.6. The highest BCUT2D eigenvalue weighted by molar-refractivity contribution is 7.99. The van der Waals surface area contributed by atoms with Crippen LogP contribution in [0, 0.1) is 0 Å². The van der Waals surface area contributed by atoms with E-state index in [1.807, 2.05) is 0 Å². The Morgan fingerprint density at radius 3 is 2.71 bits per heavy atom. The quantitative estimate of drug-likeness (QED) is 0.820. The fourth-order valence-corrected chi connectivity index (χ4v) is 2.74. The van der Waals surface area contributed by atoms with E-state index >= 15 is 0 Å². The monoisotopic (exact) mass is 292 g/mol. The number of carbonyl (C=O) groups is 1. The zero-order valence-corrected chi connectivity index (χ0v) is 11.9. The van der Waals surface area contributed by atoms with Crippen molar-refractivity contribution in [2.75, 3.05) is 12.8 Å². The van der Waals surface area contributed by atoms with Gasteiger partial charge < -0.3 is 11.1 Å². The average molecular weight is 293 g/mol. The van der Waals surface area contributed by atoms with Crippen LogP contribution in [0.15, 0.2) is 23.1 Å². The molecule has 1 rings (SSSR count). The molecule has 1 aromatic carbocycles. The summed E-state index contributed by atoms with van der Waals surface area (Å²) in [6.45, 7) is 1.75. The van der Waals surface area contributed by atoms with Gasteiger partial charge >= 0.3 is 0 Å². The van der Waals surface area contributed by atoms with Gasteiger partial charge in [-0.2, -0.15) is 0 Å². The number of carbonyl (C=O) groups excluding carboxylic acids is 1. The van der Waals surface area contributed by atoms with Gasteiger partial charge in [-0.25, -0.2) is 0 Å². The molecule has 0 spiro atoms. The smallest absolute Gasteiger partial charge is 0.238 e. The fourth-order valence-electron chi connectivity index (χ4n) is 1.08. The predicted octanol–water partition coefficient (Wildman–Crippen LogP) is 2.55. The van der Waals surface area contributed by atoms with Gasteiger partial charge in [-0.15, -0.1) is 11.8 Å². The topological polar surface area (TPSA) is 55.1 Å². The lowest BCUT2D eigenvalue weighted by Gasteiger charge is -2.25. The minimum absolute atomic E-state index is 0.398. The lowest BCUT2D eigenvalue weighted by atomic mass is 10.1. The van der Waals surface area contributed by atoms with Crippen molar-refractivity contribution < 1.29 is 4.79 Å². The number of rotatable bonds is 5. The van der Waals surface area contributed by atoms with Gasteiger partial charge in [-0.05, 0) is 32.2 Å². The highest BCUT2D eigenvalue weighted by Crippen LogP contribution is 2.31. The molecule has 0 aromatic heterocycles. The second-order valence-corrected chi connectivity index (χ2v) is 5.67. The number of nitrogens with one attached hydrogen (secondary N) is 1. The van der Waals surface area contributed by atoms with Gasteiger partial charge in [0, 0.05) is 15.7 Å². The highest BCUT2D eigenvalue weighted by Gasteiger charge is 2.29. The van der Waals surface area contributed by atoms with Crippen LogP contribution < -0.4 is 11.1 Å². The summed E-state index contributed by atoms with van der Waals surface area (Å²) in [4.78, 5) is 12.1. The summed E-state index contributed by atoms with van der Waals surface area (Å²) in [6.07, 6.45) is 0. The lowest BCUT2D eigenvalue weighted by molar-refractivity contribution is -0.122. The Morgan fingerprint density at radius 2 is 2.18 bits per heavy atom. The highest BCUT2D eigenvalue weighted by atomic mass is 35.5. The van der Waals surface area contributed by atoms with Gasteiger partial charge in [-0.1, -0.05) is 23.2 Å². The molecule has 1 atom stereocenters. The van der Waals surface area contributed by atoms with Crippen molar-refractivity contribution in [1.82, 2.24) is 5.32 Å². The molecule has 94 valence electrons. The van der Waals surface area contributed by atoms with E-state index in [-0.39, 0.29) is 0 Å². The second-order valence-electron chi connectivity index (χ2n) is 3.81. The van der Waals surface area contributed by atoms with Crippen LogP contribution in [0.4, 0.5) is 0 Å². The molecule has 6 heteroatoms. The number of hydrogen-bond donors (Lipinski definition) is 2. The third-order valence-electron chi connectivity index (χ3n) is 2.51. The van der Waals surface area contributed by atoms with Crippen LogP contribution >= 0.6 is 35.0 Å². The summed E-state index contributed by atoms with van der Waals surface area (Å²) in [7, 11) is 1.70. The van der Waals surface area contributed by atoms with Crippen molar-refractivity contribution in [2.24, 2.45) is 5.73 Å². The molecular weight excluding hydrogens is 279 g/mol. The Kier molecular flexibility index (Phi) is 5.13. The van der Waals surface area contributed by atoms with E-state index in [4.69, 9.17) is 28.9 Å². The average Bonchev–Trinajstić information content (AvgIpc) is 2.29.